The second-order valence-electron chi connectivity index (χ2n) is 4.06. The molecular formula is C14H10ClF2NO2. The number of ether oxygens (including phenoxy) is 1. The van der Waals surface area contributed by atoms with E-state index in [2.05, 4.69) is 0 Å². The quantitative estimate of drug-likeness (QED) is 0.696. The molecule has 104 valence electrons. The first-order valence-electron chi connectivity index (χ1n) is 5.63. The summed E-state index contributed by atoms with van der Waals surface area (Å²) in [6.07, 6.45) is 0. The zero-order valence-corrected chi connectivity index (χ0v) is 11.0. The van der Waals surface area contributed by atoms with Gasteiger partial charge in [-0.05, 0) is 35.9 Å². The van der Waals surface area contributed by atoms with E-state index in [1.807, 2.05) is 0 Å². The summed E-state index contributed by atoms with van der Waals surface area (Å²) >= 11 is 5.61. The molecule has 0 spiro atoms. The topological polar surface area (TPSA) is 52.3 Å². The minimum atomic E-state index is -0.704. The molecule has 0 aliphatic carbocycles. The van der Waals surface area contributed by atoms with Gasteiger partial charge in [0.25, 0.3) is 0 Å². The van der Waals surface area contributed by atoms with Gasteiger partial charge in [-0.1, -0.05) is 17.7 Å². The van der Waals surface area contributed by atoms with Crippen molar-refractivity contribution in [1.82, 2.24) is 0 Å². The molecule has 0 aromatic heterocycles. The zero-order valence-electron chi connectivity index (χ0n) is 10.2. The zero-order chi connectivity index (χ0) is 14.7. The van der Waals surface area contributed by atoms with Crippen LogP contribution in [0.2, 0.25) is 5.02 Å². The number of nitrogens with two attached hydrogens (primary N) is 1. The van der Waals surface area contributed by atoms with Gasteiger partial charge >= 0.3 is 5.97 Å². The van der Waals surface area contributed by atoms with Crippen molar-refractivity contribution in [2.45, 2.75) is 6.61 Å². The van der Waals surface area contributed by atoms with Gasteiger partial charge in [0.1, 0.15) is 18.2 Å². The molecule has 2 aromatic carbocycles. The van der Waals surface area contributed by atoms with Gasteiger partial charge in [-0.3, -0.25) is 0 Å². The number of benzene rings is 2. The number of halogens is 3. The van der Waals surface area contributed by atoms with Crippen LogP contribution in [0.4, 0.5) is 14.5 Å². The lowest BCUT2D eigenvalue weighted by molar-refractivity contribution is 0.0472. The van der Waals surface area contributed by atoms with E-state index in [1.54, 1.807) is 0 Å². The van der Waals surface area contributed by atoms with E-state index in [4.69, 9.17) is 22.1 Å². The lowest BCUT2D eigenvalue weighted by Crippen LogP contribution is -2.06. The van der Waals surface area contributed by atoms with Gasteiger partial charge in [-0.2, -0.15) is 0 Å². The highest BCUT2D eigenvalue weighted by atomic mass is 35.5. The fourth-order valence-electron chi connectivity index (χ4n) is 1.52. The molecule has 0 heterocycles. The monoisotopic (exact) mass is 297 g/mol. The Morgan fingerprint density at radius 2 is 1.90 bits per heavy atom. The van der Waals surface area contributed by atoms with E-state index in [-0.39, 0.29) is 22.9 Å². The number of rotatable bonds is 3. The van der Waals surface area contributed by atoms with Crippen LogP contribution >= 0.6 is 11.6 Å². The third-order valence-electron chi connectivity index (χ3n) is 2.59. The van der Waals surface area contributed by atoms with Gasteiger partial charge in [0.2, 0.25) is 0 Å². The Hall–Kier alpha value is -2.14. The number of esters is 1. The van der Waals surface area contributed by atoms with Crippen molar-refractivity contribution in [3.05, 3.63) is 64.2 Å². The summed E-state index contributed by atoms with van der Waals surface area (Å²) in [5, 5.41) is -0.0583. The Labute approximate surface area is 118 Å². The molecule has 2 rings (SSSR count). The maximum absolute atomic E-state index is 13.2. The molecule has 2 aromatic rings. The molecule has 0 radical (unpaired) electrons. The highest BCUT2D eigenvalue weighted by Crippen LogP contribution is 2.17. The van der Waals surface area contributed by atoms with E-state index in [1.165, 1.54) is 30.3 Å². The van der Waals surface area contributed by atoms with Crippen molar-refractivity contribution >= 4 is 23.3 Å². The van der Waals surface area contributed by atoms with Gasteiger partial charge in [-0.25, -0.2) is 13.6 Å². The lowest BCUT2D eigenvalue weighted by atomic mass is 10.2. The summed E-state index contributed by atoms with van der Waals surface area (Å²) in [7, 11) is 0. The summed E-state index contributed by atoms with van der Waals surface area (Å²) in [5.74, 6) is -1.95. The molecule has 6 heteroatoms. The van der Waals surface area contributed by atoms with Crippen LogP contribution in [0.3, 0.4) is 0 Å². The normalized spacial score (nSPS) is 10.3. The summed E-state index contributed by atoms with van der Waals surface area (Å²) in [6.45, 7) is -0.0924. The van der Waals surface area contributed by atoms with Crippen LogP contribution in [-0.2, 0) is 11.3 Å². The lowest BCUT2D eigenvalue weighted by Gasteiger charge is -2.06. The summed E-state index contributed by atoms with van der Waals surface area (Å²) in [6, 6.07) is 7.61. The van der Waals surface area contributed by atoms with Crippen LogP contribution in [0.15, 0.2) is 36.4 Å². The molecule has 20 heavy (non-hydrogen) atoms. The Bertz CT molecular complexity index is 662. The Balaban J connectivity index is 2.04. The van der Waals surface area contributed by atoms with Crippen LogP contribution in [0.1, 0.15) is 15.9 Å². The Kier molecular flexibility index (Phi) is 4.20. The summed E-state index contributed by atoms with van der Waals surface area (Å²) < 4.78 is 31.1. The van der Waals surface area contributed by atoms with E-state index >= 15 is 0 Å². The Morgan fingerprint density at radius 1 is 1.15 bits per heavy atom. The second-order valence-corrected chi connectivity index (χ2v) is 4.47. The molecule has 0 saturated carbocycles. The number of anilines is 1. The third kappa shape index (κ3) is 3.24. The third-order valence-corrected chi connectivity index (χ3v) is 2.88. The van der Waals surface area contributed by atoms with E-state index in [0.29, 0.717) is 5.56 Å². The molecule has 0 bridgehead atoms. The SMILES string of the molecule is Nc1ccc(C(=O)OCc2ccc(F)c(Cl)c2)cc1F. The standard InChI is InChI=1S/C14H10ClF2NO2/c15-10-5-8(1-3-11(10)16)7-20-14(19)9-2-4-13(18)12(17)6-9/h1-6H,7,18H2. The number of hydrogen-bond donors (Lipinski definition) is 1. The van der Waals surface area contributed by atoms with Crippen molar-refractivity contribution in [3.8, 4) is 0 Å². The first kappa shape index (κ1) is 14.3. The smallest absolute Gasteiger partial charge is 0.338 e. The molecule has 0 aliphatic rings. The number of carbonyl (C=O) groups is 1. The average Bonchev–Trinajstić information content (AvgIpc) is 2.43. The Morgan fingerprint density at radius 3 is 2.55 bits per heavy atom. The molecule has 0 amide bonds. The molecule has 0 aliphatic heterocycles. The minimum absolute atomic E-state index is 0.0462. The molecule has 0 saturated heterocycles. The summed E-state index contributed by atoms with van der Waals surface area (Å²) in [4.78, 5) is 11.7. The molecular weight excluding hydrogens is 288 g/mol. The maximum atomic E-state index is 13.2. The number of nitrogen functional groups attached to an aromatic ring is 1. The minimum Gasteiger partial charge on any atom is -0.457 e. The van der Waals surface area contributed by atoms with Crippen LogP contribution in [0.25, 0.3) is 0 Å². The van der Waals surface area contributed by atoms with Gasteiger partial charge in [0.05, 0.1) is 16.3 Å². The molecule has 0 unspecified atom stereocenters. The fourth-order valence-corrected chi connectivity index (χ4v) is 1.72. The van der Waals surface area contributed by atoms with Crippen molar-refractivity contribution in [1.29, 1.82) is 0 Å². The van der Waals surface area contributed by atoms with Crippen molar-refractivity contribution in [2.24, 2.45) is 0 Å². The van der Waals surface area contributed by atoms with E-state index < -0.39 is 17.6 Å². The molecule has 0 fully saturated rings. The van der Waals surface area contributed by atoms with Crippen LogP contribution in [-0.4, -0.2) is 5.97 Å². The maximum Gasteiger partial charge on any atom is 0.338 e. The van der Waals surface area contributed by atoms with Crippen molar-refractivity contribution in [3.63, 3.8) is 0 Å². The van der Waals surface area contributed by atoms with Gasteiger partial charge in [0, 0.05) is 0 Å². The van der Waals surface area contributed by atoms with Crippen LogP contribution < -0.4 is 5.73 Å². The van der Waals surface area contributed by atoms with Crippen molar-refractivity contribution < 1.29 is 18.3 Å². The number of hydrogen-bond acceptors (Lipinski definition) is 3. The first-order valence-corrected chi connectivity index (χ1v) is 6.01. The van der Waals surface area contributed by atoms with Gasteiger partial charge in [0.15, 0.2) is 0 Å². The first-order chi connectivity index (χ1) is 9.47. The molecule has 0 atom stereocenters. The van der Waals surface area contributed by atoms with Gasteiger partial charge in [-0.15, -0.1) is 0 Å². The fraction of sp³-hybridized carbons (Fsp3) is 0.0714. The highest BCUT2D eigenvalue weighted by Gasteiger charge is 2.10. The van der Waals surface area contributed by atoms with E-state index in [0.717, 1.165) is 6.07 Å². The highest BCUT2D eigenvalue weighted by molar-refractivity contribution is 6.30. The average molecular weight is 298 g/mol. The molecule has 2 N–H and O–H groups in total. The second kappa shape index (κ2) is 5.88. The molecule has 3 nitrogen and oxygen atoms in total. The van der Waals surface area contributed by atoms with E-state index in [9.17, 15) is 13.6 Å². The predicted octanol–water partition coefficient (Wildman–Crippen LogP) is 3.56. The predicted molar refractivity (Wildman–Crippen MR) is 71.3 cm³/mol. The largest absolute Gasteiger partial charge is 0.457 e. The van der Waals surface area contributed by atoms with Crippen molar-refractivity contribution in [2.75, 3.05) is 5.73 Å². The summed E-state index contributed by atoms with van der Waals surface area (Å²) in [5.41, 5.74) is 5.83. The number of carbonyl (C=O) groups excluding carboxylic acids is 1. The van der Waals surface area contributed by atoms with Crippen LogP contribution in [0.5, 0.6) is 0 Å². The van der Waals surface area contributed by atoms with Gasteiger partial charge < -0.3 is 10.5 Å². The van der Waals surface area contributed by atoms with Crippen LogP contribution in [0, 0.1) is 11.6 Å².